The van der Waals surface area contributed by atoms with Gasteiger partial charge >= 0.3 is 31.7 Å². The number of esters is 3. The van der Waals surface area contributed by atoms with Crippen LogP contribution < -0.4 is 15.7 Å². The fourth-order valence-corrected chi connectivity index (χ4v) is 9.35. The van der Waals surface area contributed by atoms with Crippen molar-refractivity contribution >= 4 is 60.5 Å². The molecule has 0 spiro atoms. The highest BCUT2D eigenvalue weighted by Crippen LogP contribution is 2.47. The summed E-state index contributed by atoms with van der Waals surface area (Å²) in [5, 5.41) is 7.40. The first-order valence-electron chi connectivity index (χ1n) is 24.6. The van der Waals surface area contributed by atoms with Crippen molar-refractivity contribution < 1.29 is 66.1 Å². The summed E-state index contributed by atoms with van der Waals surface area (Å²) in [5.41, 5.74) is 2.53. The number of nitrogens with zero attached hydrogens (tertiary/aromatic N) is 4. The molecule has 3 N–H and O–H groups in total. The van der Waals surface area contributed by atoms with Crippen molar-refractivity contribution in [3.63, 3.8) is 0 Å². The van der Waals surface area contributed by atoms with Gasteiger partial charge in [-0.2, -0.15) is 0 Å². The molecule has 3 heterocycles. The molecule has 3 amide bonds. The Morgan fingerprint density at radius 2 is 1.09 bits per heavy atom. The Hall–Kier alpha value is -9.40. The van der Waals surface area contributed by atoms with Gasteiger partial charge in [-0.25, -0.2) is 38.7 Å². The number of anilines is 1. The van der Waals surface area contributed by atoms with Crippen LogP contribution in [0.1, 0.15) is 60.4 Å². The second kappa shape index (κ2) is 26.1. The van der Waals surface area contributed by atoms with Crippen molar-refractivity contribution in [1.29, 1.82) is 0 Å². The predicted octanol–water partition coefficient (Wildman–Crippen LogP) is 8.31. The van der Waals surface area contributed by atoms with Crippen molar-refractivity contribution in [2.24, 2.45) is 0 Å². The Labute approximate surface area is 451 Å². The Bertz CT molecular complexity index is 3420. The molecule has 21 nitrogen and oxygen atoms in total. The Kier molecular flexibility index (Phi) is 18.0. The maximum Gasteiger partial charge on any atom is 0.435 e. The molecule has 6 aromatic carbocycles. The van der Waals surface area contributed by atoms with E-state index in [1.54, 1.807) is 158 Å². The zero-order valence-electron chi connectivity index (χ0n) is 41.8. The van der Waals surface area contributed by atoms with Gasteiger partial charge in [0.15, 0.2) is 35.4 Å². The predicted molar refractivity (Wildman–Crippen MR) is 282 cm³/mol. The quantitative estimate of drug-likeness (QED) is 0.0327. The van der Waals surface area contributed by atoms with Gasteiger partial charge < -0.3 is 34.3 Å². The molecule has 0 aliphatic carbocycles. The first kappa shape index (κ1) is 54.4. The molecule has 402 valence electrons. The van der Waals surface area contributed by atoms with Gasteiger partial charge in [-0.1, -0.05) is 146 Å². The number of carbonyl (C=O) groups is 6. The van der Waals surface area contributed by atoms with E-state index in [4.69, 9.17) is 32.7 Å². The summed E-state index contributed by atoms with van der Waals surface area (Å²) in [6.07, 6.45) is -5.49. The van der Waals surface area contributed by atoms with Crippen molar-refractivity contribution in [1.82, 2.24) is 29.9 Å². The number of benzene rings is 6. The first-order chi connectivity index (χ1) is 38.5. The van der Waals surface area contributed by atoms with Gasteiger partial charge in [-0.05, 0) is 53.1 Å². The topological polar surface area (TPSA) is 264 Å². The Morgan fingerprint density at radius 1 is 0.582 bits per heavy atom. The normalized spacial score (nSPS) is 16.8. The van der Waals surface area contributed by atoms with Gasteiger partial charge in [0.25, 0.3) is 5.91 Å². The smallest absolute Gasteiger partial charge is 0.435 e. The zero-order chi connectivity index (χ0) is 55.0. The van der Waals surface area contributed by atoms with Gasteiger partial charge in [0, 0.05) is 5.56 Å². The largest absolute Gasteiger partial charge is 0.459 e. The fraction of sp³-hybridized carbons (Fsp3) is 0.175. The number of nitrogens with one attached hydrogen (secondary N) is 3. The average molecular weight is 1090 g/mol. The summed E-state index contributed by atoms with van der Waals surface area (Å²) in [7, 11) is -4.91. The zero-order valence-corrected chi connectivity index (χ0v) is 42.7. The number of amides is 3. The molecule has 9 rings (SSSR count). The number of fused-ring (bicyclic) bond motifs is 1. The molecule has 0 radical (unpaired) electrons. The SMILES string of the molecule is O=C(C[C@@H](NC(=O)OCc1ccccc1)C(=O)OCc1ccccc1)NP(=O)(OCc1ccccc1)OC[C@H]1O[C@@H](n2cnc3c(NC(=O)c4ccccc4)ncnc32)[C@H](OC(=O)c2ccccc2)[C@@H]1OC(=O)c1ccccc1. The molecular formula is C57H50N7O14P. The number of rotatable bonds is 22. The summed E-state index contributed by atoms with van der Waals surface area (Å²) in [5.74, 6) is -4.32. The van der Waals surface area contributed by atoms with Crippen LogP contribution in [0.3, 0.4) is 0 Å². The summed E-state index contributed by atoms with van der Waals surface area (Å²) >= 11 is 0. The van der Waals surface area contributed by atoms with Crippen molar-refractivity contribution in [3.05, 3.63) is 228 Å². The third-order valence-corrected chi connectivity index (χ3v) is 13.5. The van der Waals surface area contributed by atoms with Crippen LogP contribution in [0.25, 0.3) is 11.2 Å². The molecule has 79 heavy (non-hydrogen) atoms. The summed E-state index contributed by atoms with van der Waals surface area (Å²) in [4.78, 5) is 95.6. The summed E-state index contributed by atoms with van der Waals surface area (Å²) in [6.45, 7) is -1.56. The minimum Gasteiger partial charge on any atom is -0.459 e. The monoisotopic (exact) mass is 1090 g/mol. The number of alkyl carbamates (subject to hydrolysis) is 1. The molecule has 22 heteroatoms. The summed E-state index contributed by atoms with van der Waals surface area (Å²) in [6, 6.07) is 48.5. The number of carbonyl (C=O) groups excluding carboxylic acids is 6. The molecule has 0 saturated carbocycles. The lowest BCUT2D eigenvalue weighted by Gasteiger charge is -2.26. The second-order valence-corrected chi connectivity index (χ2v) is 19.3. The van der Waals surface area contributed by atoms with Crippen LogP contribution in [0.15, 0.2) is 195 Å². The minimum atomic E-state index is -4.91. The Balaban J connectivity index is 1.02. The van der Waals surface area contributed by atoms with E-state index in [0.717, 1.165) is 0 Å². The molecule has 1 unspecified atom stereocenters. The molecule has 0 bridgehead atoms. The maximum absolute atomic E-state index is 15.1. The van der Waals surface area contributed by atoms with E-state index in [2.05, 4.69) is 30.7 Å². The van der Waals surface area contributed by atoms with Crippen LogP contribution in [0, 0.1) is 0 Å². The van der Waals surface area contributed by atoms with Crippen LogP contribution in [0.5, 0.6) is 0 Å². The lowest BCUT2D eigenvalue weighted by atomic mass is 10.1. The minimum absolute atomic E-state index is 0.0265. The Morgan fingerprint density at radius 3 is 1.66 bits per heavy atom. The number of ether oxygens (including phenoxy) is 5. The molecule has 2 aromatic heterocycles. The molecule has 6 atom stereocenters. The molecule has 1 fully saturated rings. The number of imidazole rings is 1. The van der Waals surface area contributed by atoms with E-state index in [0.29, 0.717) is 22.3 Å². The van der Waals surface area contributed by atoms with Crippen molar-refractivity contribution in [3.8, 4) is 0 Å². The van der Waals surface area contributed by atoms with Crippen LogP contribution in [0.4, 0.5) is 10.6 Å². The van der Waals surface area contributed by atoms with Crippen LogP contribution in [0.2, 0.25) is 0 Å². The first-order valence-corrected chi connectivity index (χ1v) is 26.2. The molecule has 8 aromatic rings. The lowest BCUT2D eigenvalue weighted by Crippen LogP contribution is -2.45. The third kappa shape index (κ3) is 14.6. The molecular weight excluding hydrogens is 1040 g/mol. The third-order valence-electron chi connectivity index (χ3n) is 12.0. The average Bonchev–Trinajstić information content (AvgIpc) is 4.29. The highest BCUT2D eigenvalue weighted by molar-refractivity contribution is 7.52. The van der Waals surface area contributed by atoms with Crippen molar-refractivity contribution in [2.45, 2.75) is 56.8 Å². The van der Waals surface area contributed by atoms with E-state index >= 15 is 4.57 Å². The van der Waals surface area contributed by atoms with E-state index in [1.165, 1.54) is 41.5 Å². The summed E-state index contributed by atoms with van der Waals surface area (Å²) < 4.78 is 58.2. The number of hydrogen-bond donors (Lipinski definition) is 3. The van der Waals surface area contributed by atoms with Crippen LogP contribution >= 0.6 is 7.75 Å². The van der Waals surface area contributed by atoms with Gasteiger partial charge in [-0.3, -0.25) is 28.3 Å². The molecule has 1 saturated heterocycles. The van der Waals surface area contributed by atoms with Gasteiger partial charge in [0.2, 0.25) is 5.91 Å². The number of hydrogen-bond acceptors (Lipinski definition) is 17. The molecule has 1 aliphatic heterocycles. The molecule has 1 aliphatic rings. The maximum atomic E-state index is 15.1. The van der Waals surface area contributed by atoms with Crippen molar-refractivity contribution in [2.75, 3.05) is 11.9 Å². The van der Waals surface area contributed by atoms with E-state index < -0.39 is 87.2 Å². The van der Waals surface area contributed by atoms with Gasteiger partial charge in [0.05, 0.1) is 37.1 Å². The van der Waals surface area contributed by atoms with Crippen LogP contribution in [-0.2, 0) is 66.7 Å². The van der Waals surface area contributed by atoms with Gasteiger partial charge in [-0.15, -0.1) is 0 Å². The number of aromatic nitrogens is 4. The van der Waals surface area contributed by atoms with Gasteiger partial charge in [0.1, 0.15) is 31.7 Å². The van der Waals surface area contributed by atoms with E-state index in [1.807, 2.05) is 0 Å². The standard InChI is InChI=1S/C57H50N7O14P/c65-46(31-44(56(69)72-32-38-19-7-1-8-20-38)61-57(70)73-33-39-21-9-2-10-22-39)63-79(71,74-34-40-23-11-3-12-24-40)75-35-45-48(77-54(67)42-27-15-5-16-28-42)49(78-55(68)43-29-17-6-18-30-43)53(76-45)64-37-60-47-50(58-36-59-51(47)64)62-52(66)41-25-13-4-14-26-41/h1-30,36-37,44-45,48-49,53H,31-35H2,(H,61,70)(H,63,65,71)(H,58,59,62,66)/t44-,45-,48-,49-,53-,79?/m1/s1. The highest BCUT2D eigenvalue weighted by atomic mass is 31.2. The highest BCUT2D eigenvalue weighted by Gasteiger charge is 2.52. The fourth-order valence-electron chi connectivity index (χ4n) is 8.09. The van der Waals surface area contributed by atoms with E-state index in [-0.39, 0.29) is 47.9 Å². The van der Waals surface area contributed by atoms with Crippen LogP contribution in [-0.4, -0.2) is 86.3 Å². The lowest BCUT2D eigenvalue weighted by molar-refractivity contribution is -0.148. The van der Waals surface area contributed by atoms with E-state index in [9.17, 15) is 28.8 Å². The second-order valence-electron chi connectivity index (χ2n) is 17.5.